The number of rotatable bonds is 9. The number of carbonyl (C=O) groups excluding carboxylic acids is 2. The molecule has 0 aliphatic carbocycles. The molecule has 0 saturated heterocycles. The maximum absolute atomic E-state index is 14.6. The first-order valence-corrected chi connectivity index (χ1v) is 10.4. The van der Waals surface area contributed by atoms with Crippen molar-refractivity contribution in [3.05, 3.63) is 65.5 Å². The van der Waals surface area contributed by atoms with Crippen LogP contribution in [0.2, 0.25) is 0 Å². The van der Waals surface area contributed by atoms with Crippen molar-refractivity contribution in [1.29, 1.82) is 0 Å². The number of aliphatic imine (C=N–C) groups is 1. The number of halogens is 1. The molecule has 33 heavy (non-hydrogen) atoms. The molecule has 0 saturated carbocycles. The molecular formula is C24H25FN2O6. The minimum absolute atomic E-state index is 0.0673. The van der Waals surface area contributed by atoms with Gasteiger partial charge in [0.05, 0.1) is 25.3 Å². The third-order valence-electron chi connectivity index (χ3n) is 4.44. The zero-order valence-electron chi connectivity index (χ0n) is 18.6. The maximum Gasteiger partial charge on any atom is 0.338 e. The molecule has 9 heteroatoms. The lowest BCUT2D eigenvalue weighted by atomic mass is 10.1. The fourth-order valence-electron chi connectivity index (χ4n) is 3.02. The van der Waals surface area contributed by atoms with E-state index in [1.165, 1.54) is 24.3 Å². The van der Waals surface area contributed by atoms with Crippen molar-refractivity contribution in [2.45, 2.75) is 20.0 Å². The van der Waals surface area contributed by atoms with Crippen molar-refractivity contribution in [2.75, 3.05) is 26.9 Å². The number of hydrogen-bond donors (Lipinski definition) is 1. The number of benzene rings is 2. The topological polar surface area (TPSA) is 95.5 Å². The number of amides is 1. The van der Waals surface area contributed by atoms with Gasteiger partial charge in [0.2, 0.25) is 0 Å². The van der Waals surface area contributed by atoms with Crippen LogP contribution in [-0.4, -0.2) is 50.7 Å². The van der Waals surface area contributed by atoms with Gasteiger partial charge in [0.1, 0.15) is 23.4 Å². The Bertz CT molecular complexity index is 1080. The fraction of sp³-hybridized carbons (Fsp3) is 0.292. The Balaban J connectivity index is 1.87. The lowest BCUT2D eigenvalue weighted by molar-refractivity contribution is 0.0525. The molecule has 8 nitrogen and oxygen atoms in total. The van der Waals surface area contributed by atoms with E-state index < -0.39 is 17.7 Å². The summed E-state index contributed by atoms with van der Waals surface area (Å²) in [5, 5.41) is 2.70. The zero-order valence-corrected chi connectivity index (χ0v) is 18.6. The average molecular weight is 456 g/mol. The van der Waals surface area contributed by atoms with E-state index in [-0.39, 0.29) is 35.3 Å². The summed E-state index contributed by atoms with van der Waals surface area (Å²) in [4.78, 5) is 28.7. The van der Waals surface area contributed by atoms with Gasteiger partial charge < -0.3 is 24.3 Å². The number of ether oxygens (including phenoxy) is 4. The van der Waals surface area contributed by atoms with E-state index in [1.54, 1.807) is 26.2 Å². The summed E-state index contributed by atoms with van der Waals surface area (Å²) in [7, 11) is 1.55. The van der Waals surface area contributed by atoms with Gasteiger partial charge in [-0.2, -0.15) is 0 Å². The van der Waals surface area contributed by atoms with Gasteiger partial charge in [-0.25, -0.2) is 9.18 Å². The molecule has 1 N–H and O–H groups in total. The number of methoxy groups -OCH3 is 1. The fourth-order valence-corrected chi connectivity index (χ4v) is 3.02. The van der Waals surface area contributed by atoms with Gasteiger partial charge in [-0.15, -0.1) is 0 Å². The van der Waals surface area contributed by atoms with E-state index in [1.807, 2.05) is 13.0 Å². The highest BCUT2D eigenvalue weighted by atomic mass is 19.1. The molecule has 0 unspecified atom stereocenters. The highest BCUT2D eigenvalue weighted by Gasteiger charge is 2.16. The number of nitrogens with zero attached hydrogens (tertiary/aromatic N) is 1. The van der Waals surface area contributed by atoms with E-state index in [2.05, 4.69) is 10.3 Å². The van der Waals surface area contributed by atoms with E-state index in [4.69, 9.17) is 18.9 Å². The molecule has 2 aromatic rings. The van der Waals surface area contributed by atoms with Gasteiger partial charge in [0, 0.05) is 18.7 Å². The number of amidine groups is 1. The van der Waals surface area contributed by atoms with Crippen LogP contribution in [0.15, 0.2) is 53.5 Å². The number of nitrogens with one attached hydrogen (secondary N) is 1. The summed E-state index contributed by atoms with van der Waals surface area (Å²) in [5.41, 5.74) is 0.302. The molecule has 0 fully saturated rings. The molecule has 0 spiro atoms. The lowest BCUT2D eigenvalue weighted by Gasteiger charge is -2.16. The van der Waals surface area contributed by atoms with E-state index in [9.17, 15) is 14.0 Å². The van der Waals surface area contributed by atoms with Crippen LogP contribution in [0.4, 0.5) is 4.39 Å². The van der Waals surface area contributed by atoms with Crippen molar-refractivity contribution in [3.63, 3.8) is 0 Å². The second-order valence-corrected chi connectivity index (χ2v) is 7.13. The van der Waals surface area contributed by atoms with Crippen molar-refractivity contribution < 1.29 is 32.9 Å². The Morgan fingerprint density at radius 3 is 2.61 bits per heavy atom. The maximum atomic E-state index is 14.6. The first-order valence-electron chi connectivity index (χ1n) is 10.4. The minimum Gasteiger partial charge on any atom is -0.488 e. The Morgan fingerprint density at radius 2 is 1.94 bits per heavy atom. The van der Waals surface area contributed by atoms with Crippen LogP contribution in [0.5, 0.6) is 17.2 Å². The van der Waals surface area contributed by atoms with Crippen molar-refractivity contribution in [1.82, 2.24) is 5.32 Å². The highest BCUT2D eigenvalue weighted by Crippen LogP contribution is 2.30. The normalized spacial score (nSPS) is 13.3. The molecule has 0 aromatic heterocycles. The summed E-state index contributed by atoms with van der Waals surface area (Å²) >= 11 is 0. The van der Waals surface area contributed by atoms with Crippen molar-refractivity contribution >= 4 is 17.7 Å². The Morgan fingerprint density at radius 1 is 1.15 bits per heavy atom. The Kier molecular flexibility index (Phi) is 8.15. The lowest BCUT2D eigenvalue weighted by Crippen LogP contribution is -2.28. The van der Waals surface area contributed by atoms with Gasteiger partial charge in [-0.3, -0.25) is 9.79 Å². The average Bonchev–Trinajstić information content (AvgIpc) is 3.28. The highest BCUT2D eigenvalue weighted by molar-refractivity contribution is 6.11. The summed E-state index contributed by atoms with van der Waals surface area (Å²) in [6, 6.07) is 8.30. The molecular weight excluding hydrogens is 431 g/mol. The molecule has 0 bridgehead atoms. The van der Waals surface area contributed by atoms with Gasteiger partial charge in [-0.05, 0) is 50.3 Å². The quantitative estimate of drug-likeness (QED) is 0.575. The van der Waals surface area contributed by atoms with Crippen LogP contribution in [0.1, 0.15) is 34.6 Å². The van der Waals surface area contributed by atoms with Crippen LogP contribution >= 0.6 is 0 Å². The van der Waals surface area contributed by atoms with E-state index >= 15 is 0 Å². The second-order valence-electron chi connectivity index (χ2n) is 7.13. The van der Waals surface area contributed by atoms with Crippen molar-refractivity contribution in [2.24, 2.45) is 4.99 Å². The molecule has 0 radical (unpaired) electrons. The number of esters is 1. The summed E-state index contributed by atoms with van der Waals surface area (Å²) in [6.07, 6.45) is 3.22. The summed E-state index contributed by atoms with van der Waals surface area (Å²) < 4.78 is 36.1. The second kappa shape index (κ2) is 11.2. The molecule has 2 aromatic carbocycles. The van der Waals surface area contributed by atoms with E-state index in [0.29, 0.717) is 24.7 Å². The predicted molar refractivity (Wildman–Crippen MR) is 120 cm³/mol. The van der Waals surface area contributed by atoms with Gasteiger partial charge in [-0.1, -0.05) is 6.08 Å². The molecule has 1 atom stereocenters. The number of hydrogen-bond acceptors (Lipinski definition) is 7. The monoisotopic (exact) mass is 456 g/mol. The molecule has 3 rings (SSSR count). The van der Waals surface area contributed by atoms with Gasteiger partial charge >= 0.3 is 5.97 Å². The van der Waals surface area contributed by atoms with Crippen LogP contribution < -0.4 is 14.8 Å². The third-order valence-corrected chi connectivity index (χ3v) is 4.44. The minimum atomic E-state index is -0.754. The van der Waals surface area contributed by atoms with Crippen LogP contribution in [0, 0.1) is 5.82 Å². The SMILES string of the molecule is CCOC(=O)c1ccc(Oc2cc(O[C@@H](C)COC)cc(C(=O)NC3=NCC=C3)c2)c(F)c1. The van der Waals surface area contributed by atoms with Crippen LogP contribution in [0.25, 0.3) is 0 Å². The first-order chi connectivity index (χ1) is 15.9. The zero-order chi connectivity index (χ0) is 23.8. The smallest absolute Gasteiger partial charge is 0.338 e. The third kappa shape index (κ3) is 6.63. The summed E-state index contributed by atoms with van der Waals surface area (Å²) in [5.74, 6) is -0.970. The van der Waals surface area contributed by atoms with E-state index in [0.717, 1.165) is 6.07 Å². The largest absolute Gasteiger partial charge is 0.488 e. The standard InChI is InChI=1S/C24H25FN2O6/c1-4-31-24(29)16-7-8-21(20(25)12-16)33-19-11-17(23(28)27-22-6-5-9-26-22)10-18(13-19)32-15(2)14-30-3/h5-8,10-13,15H,4,9,14H2,1-3H3,(H,26,27,28)/t15-/m0/s1. The molecule has 1 aliphatic heterocycles. The first kappa shape index (κ1) is 23.9. The van der Waals surface area contributed by atoms with Crippen LogP contribution in [0.3, 0.4) is 0 Å². The Labute approximate surface area is 191 Å². The van der Waals surface area contributed by atoms with Crippen LogP contribution in [-0.2, 0) is 9.47 Å². The van der Waals surface area contributed by atoms with Crippen molar-refractivity contribution in [3.8, 4) is 17.2 Å². The molecule has 174 valence electrons. The van der Waals surface area contributed by atoms with Gasteiger partial charge in [0.25, 0.3) is 5.91 Å². The molecule has 1 amide bonds. The Hall–Kier alpha value is -3.72. The predicted octanol–water partition coefficient (Wildman–Crippen LogP) is 3.91. The molecule has 1 aliphatic rings. The number of carbonyl (C=O) groups is 2. The van der Waals surface area contributed by atoms with Gasteiger partial charge in [0.15, 0.2) is 11.6 Å². The summed E-state index contributed by atoms with van der Waals surface area (Å²) in [6.45, 7) is 4.49. The molecule has 1 heterocycles.